The summed E-state index contributed by atoms with van der Waals surface area (Å²) in [7, 11) is 0. The van der Waals surface area contributed by atoms with Crippen LogP contribution in [0, 0.1) is 0 Å². The van der Waals surface area contributed by atoms with Crippen LogP contribution in [-0.4, -0.2) is 38.1 Å². The van der Waals surface area contributed by atoms with Crippen molar-refractivity contribution in [3.63, 3.8) is 0 Å². The van der Waals surface area contributed by atoms with E-state index in [1.54, 1.807) is 12.1 Å². The molecular formula is C20H20ClN5O3S. The van der Waals surface area contributed by atoms with Gasteiger partial charge in [0.2, 0.25) is 5.16 Å². The van der Waals surface area contributed by atoms with Gasteiger partial charge >= 0.3 is 6.09 Å². The highest BCUT2D eigenvalue weighted by Crippen LogP contribution is 2.26. The Kier molecular flexibility index (Phi) is 7.81. The molecule has 8 nitrogen and oxygen atoms in total. The van der Waals surface area contributed by atoms with E-state index < -0.39 is 12.1 Å². The Bertz CT molecular complexity index is 982. The lowest BCUT2D eigenvalue weighted by Crippen LogP contribution is -2.42. The summed E-state index contributed by atoms with van der Waals surface area (Å²) in [4.78, 5) is 25.7. The molecule has 1 heterocycles. The number of hydrogen-bond acceptors (Lipinski definition) is 7. The van der Waals surface area contributed by atoms with Crippen LogP contribution in [0.5, 0.6) is 0 Å². The Morgan fingerprint density at radius 2 is 1.90 bits per heavy atom. The third-order valence-corrected chi connectivity index (χ3v) is 5.36. The summed E-state index contributed by atoms with van der Waals surface area (Å²) in [5, 5.41) is 15.2. The molecule has 0 aliphatic rings. The molecule has 0 aliphatic carbocycles. The van der Waals surface area contributed by atoms with Gasteiger partial charge in [-0.3, -0.25) is 4.79 Å². The monoisotopic (exact) mass is 445 g/mol. The van der Waals surface area contributed by atoms with Crippen molar-refractivity contribution >= 4 is 35.2 Å². The second-order valence-corrected chi connectivity index (χ2v) is 7.79. The standard InChI is InChI=1S/C20H20ClN5O3S/c1-2-17(22-20(28)29-13-14-6-4-3-5-7-14)18(27)12-26-19(23-24-25-26)30-16-10-8-15(21)9-11-16/h3-11,17H,2,12-13H2,1H3,(H,22,28). The molecule has 1 aromatic heterocycles. The van der Waals surface area contributed by atoms with Gasteiger partial charge in [0.05, 0.1) is 6.04 Å². The summed E-state index contributed by atoms with van der Waals surface area (Å²) in [6, 6.07) is 15.8. The van der Waals surface area contributed by atoms with Crippen molar-refractivity contribution in [3.8, 4) is 0 Å². The zero-order chi connectivity index (χ0) is 21.3. The van der Waals surface area contributed by atoms with Crippen LogP contribution >= 0.6 is 23.4 Å². The van der Waals surface area contributed by atoms with Crippen molar-refractivity contribution in [2.75, 3.05) is 0 Å². The summed E-state index contributed by atoms with van der Waals surface area (Å²) in [5.41, 5.74) is 0.865. The van der Waals surface area contributed by atoms with Crippen LogP contribution in [0.4, 0.5) is 4.79 Å². The number of tetrazole rings is 1. The Labute approximate surface area is 182 Å². The van der Waals surface area contributed by atoms with Crippen molar-refractivity contribution < 1.29 is 14.3 Å². The van der Waals surface area contributed by atoms with Gasteiger partial charge in [0.15, 0.2) is 5.78 Å². The highest BCUT2D eigenvalue weighted by molar-refractivity contribution is 7.99. The third-order valence-electron chi connectivity index (χ3n) is 4.13. The average Bonchev–Trinajstić information content (AvgIpc) is 3.19. The number of halogens is 1. The number of nitrogens with one attached hydrogen (secondary N) is 1. The predicted molar refractivity (Wildman–Crippen MR) is 112 cm³/mol. The minimum absolute atomic E-state index is 0.0691. The highest BCUT2D eigenvalue weighted by atomic mass is 35.5. The smallest absolute Gasteiger partial charge is 0.408 e. The van der Waals surface area contributed by atoms with Gasteiger partial charge in [0.1, 0.15) is 13.2 Å². The first-order valence-electron chi connectivity index (χ1n) is 9.24. The van der Waals surface area contributed by atoms with E-state index in [9.17, 15) is 9.59 Å². The number of benzene rings is 2. The molecule has 0 fully saturated rings. The minimum atomic E-state index is -0.703. The van der Waals surface area contributed by atoms with E-state index >= 15 is 0 Å². The second-order valence-electron chi connectivity index (χ2n) is 6.31. The van der Waals surface area contributed by atoms with Crippen LogP contribution in [-0.2, 0) is 22.7 Å². The van der Waals surface area contributed by atoms with E-state index in [4.69, 9.17) is 16.3 Å². The molecule has 1 unspecified atom stereocenters. The van der Waals surface area contributed by atoms with Gasteiger partial charge in [0, 0.05) is 9.92 Å². The van der Waals surface area contributed by atoms with Crippen molar-refractivity contribution in [2.45, 2.75) is 42.6 Å². The molecule has 1 atom stereocenters. The van der Waals surface area contributed by atoms with Crippen LogP contribution in [0.3, 0.4) is 0 Å². The number of rotatable bonds is 9. The SMILES string of the molecule is CCC(NC(=O)OCc1ccccc1)C(=O)Cn1nnnc1Sc1ccc(Cl)cc1. The zero-order valence-corrected chi connectivity index (χ0v) is 17.8. The first kappa shape index (κ1) is 21.8. The predicted octanol–water partition coefficient (Wildman–Crippen LogP) is 3.75. The summed E-state index contributed by atoms with van der Waals surface area (Å²) >= 11 is 7.21. The van der Waals surface area contributed by atoms with E-state index in [0.717, 1.165) is 10.5 Å². The number of ketones is 1. The maximum absolute atomic E-state index is 12.7. The Hall–Kier alpha value is -2.91. The molecule has 156 valence electrons. The largest absolute Gasteiger partial charge is 0.445 e. The van der Waals surface area contributed by atoms with E-state index in [1.165, 1.54) is 16.4 Å². The lowest BCUT2D eigenvalue weighted by Gasteiger charge is -2.16. The molecule has 2 aromatic carbocycles. The number of carbonyl (C=O) groups is 2. The van der Waals surface area contributed by atoms with Crippen LogP contribution in [0.15, 0.2) is 64.6 Å². The lowest BCUT2D eigenvalue weighted by atomic mass is 10.1. The van der Waals surface area contributed by atoms with E-state index in [1.807, 2.05) is 49.4 Å². The lowest BCUT2D eigenvalue weighted by molar-refractivity contribution is -0.122. The van der Waals surface area contributed by atoms with Crippen LogP contribution in [0.1, 0.15) is 18.9 Å². The molecule has 0 aliphatic heterocycles. The van der Waals surface area contributed by atoms with Gasteiger partial charge in [-0.25, -0.2) is 9.48 Å². The summed E-state index contributed by atoms with van der Waals surface area (Å²) < 4.78 is 6.60. The summed E-state index contributed by atoms with van der Waals surface area (Å²) in [6.45, 7) is 1.87. The molecule has 0 spiro atoms. The van der Waals surface area contributed by atoms with Gasteiger partial charge in [-0.05, 0) is 58.4 Å². The highest BCUT2D eigenvalue weighted by Gasteiger charge is 2.22. The molecule has 0 radical (unpaired) electrons. The minimum Gasteiger partial charge on any atom is -0.445 e. The fourth-order valence-electron chi connectivity index (χ4n) is 2.55. The fraction of sp³-hybridized carbons (Fsp3) is 0.250. The summed E-state index contributed by atoms with van der Waals surface area (Å²) in [5.74, 6) is -0.223. The topological polar surface area (TPSA) is 99.0 Å². The van der Waals surface area contributed by atoms with E-state index in [-0.39, 0.29) is 18.9 Å². The molecule has 3 rings (SSSR count). The molecule has 3 aromatic rings. The van der Waals surface area contributed by atoms with Gasteiger partial charge in [-0.2, -0.15) is 0 Å². The quantitative estimate of drug-likeness (QED) is 0.535. The number of nitrogens with zero attached hydrogens (tertiary/aromatic N) is 4. The third kappa shape index (κ3) is 6.30. The van der Waals surface area contributed by atoms with Gasteiger partial charge < -0.3 is 10.1 Å². The zero-order valence-electron chi connectivity index (χ0n) is 16.2. The number of hydrogen-bond donors (Lipinski definition) is 1. The normalized spacial score (nSPS) is 11.7. The van der Waals surface area contributed by atoms with E-state index in [2.05, 4.69) is 20.8 Å². The maximum atomic E-state index is 12.7. The molecule has 1 N–H and O–H groups in total. The maximum Gasteiger partial charge on any atom is 0.408 e. The summed E-state index contributed by atoms with van der Waals surface area (Å²) in [6.07, 6.45) is -0.229. The molecule has 10 heteroatoms. The molecular weight excluding hydrogens is 426 g/mol. The van der Waals surface area contributed by atoms with Crippen molar-refractivity contribution in [1.29, 1.82) is 0 Å². The van der Waals surface area contributed by atoms with Gasteiger partial charge in [-0.15, -0.1) is 5.10 Å². The molecule has 30 heavy (non-hydrogen) atoms. The van der Waals surface area contributed by atoms with E-state index in [0.29, 0.717) is 16.6 Å². The number of amides is 1. The van der Waals surface area contributed by atoms with Crippen molar-refractivity contribution in [2.24, 2.45) is 0 Å². The number of aromatic nitrogens is 4. The van der Waals surface area contributed by atoms with Crippen molar-refractivity contribution in [3.05, 3.63) is 65.2 Å². The Balaban J connectivity index is 1.55. The second kappa shape index (κ2) is 10.7. The Morgan fingerprint density at radius 3 is 2.60 bits per heavy atom. The first-order valence-corrected chi connectivity index (χ1v) is 10.4. The van der Waals surface area contributed by atoms with Crippen LogP contribution < -0.4 is 5.32 Å². The first-order chi connectivity index (χ1) is 14.5. The van der Waals surface area contributed by atoms with Crippen molar-refractivity contribution in [1.82, 2.24) is 25.5 Å². The van der Waals surface area contributed by atoms with Gasteiger partial charge in [-0.1, -0.05) is 48.9 Å². The fourth-order valence-corrected chi connectivity index (χ4v) is 3.44. The number of carbonyl (C=O) groups excluding carboxylic acids is 2. The Morgan fingerprint density at radius 1 is 1.17 bits per heavy atom. The van der Waals surface area contributed by atoms with Crippen LogP contribution in [0.2, 0.25) is 5.02 Å². The van der Waals surface area contributed by atoms with Crippen LogP contribution in [0.25, 0.3) is 0 Å². The van der Waals surface area contributed by atoms with Gasteiger partial charge in [0.25, 0.3) is 0 Å². The average molecular weight is 446 g/mol. The molecule has 0 saturated carbocycles. The molecule has 1 amide bonds. The number of alkyl carbamates (subject to hydrolysis) is 1. The molecule has 0 bridgehead atoms. The molecule has 0 saturated heterocycles. The number of ether oxygens (including phenoxy) is 1. The number of Topliss-reactive ketones (excluding diaryl/α,β-unsaturated/α-hetero) is 1.